The van der Waals surface area contributed by atoms with Crippen molar-refractivity contribution in [1.82, 2.24) is 5.32 Å². The molecule has 1 aliphatic rings. The number of ether oxygens (including phenoxy) is 2. The summed E-state index contributed by atoms with van der Waals surface area (Å²) < 4.78 is 10.4. The number of amides is 1. The molecule has 18 heavy (non-hydrogen) atoms. The molecule has 0 radical (unpaired) electrons. The van der Waals surface area contributed by atoms with Crippen LogP contribution in [0.1, 0.15) is 6.92 Å². The fraction of sp³-hybridized carbons (Fsp3) is 0.727. The Morgan fingerprint density at radius 3 is 2.67 bits per heavy atom. The number of carbonyl (C=O) groups is 1. The molecule has 0 aliphatic carbocycles. The molecule has 1 amide bonds. The lowest BCUT2D eigenvalue weighted by molar-refractivity contribution is -0.266. The molecule has 0 spiro atoms. The molecule has 0 saturated carbocycles. The van der Waals surface area contributed by atoms with E-state index in [0.717, 1.165) is 0 Å². The second-order valence-electron chi connectivity index (χ2n) is 3.95. The average Bonchev–Trinajstić information content (AvgIpc) is 2.33. The number of terminal acetylenes is 1. The second-order valence-corrected chi connectivity index (χ2v) is 3.95. The van der Waals surface area contributed by atoms with Crippen LogP contribution in [0.5, 0.6) is 0 Å². The van der Waals surface area contributed by atoms with E-state index >= 15 is 0 Å². The predicted octanol–water partition coefficient (Wildman–Crippen LogP) is -2.42. The monoisotopic (exact) mass is 259 g/mol. The molecule has 5 atom stereocenters. The molecule has 0 aromatic carbocycles. The highest BCUT2D eigenvalue weighted by Gasteiger charge is 2.45. The maximum Gasteiger partial charge on any atom is 0.217 e. The zero-order chi connectivity index (χ0) is 13.7. The maximum atomic E-state index is 11.0. The Balaban J connectivity index is 2.80. The van der Waals surface area contributed by atoms with E-state index in [0.29, 0.717) is 0 Å². The summed E-state index contributed by atoms with van der Waals surface area (Å²) in [7, 11) is 0. The van der Waals surface area contributed by atoms with Gasteiger partial charge >= 0.3 is 0 Å². The number of rotatable bonds is 4. The fourth-order valence-electron chi connectivity index (χ4n) is 1.74. The molecule has 1 aliphatic heterocycles. The van der Waals surface area contributed by atoms with Crippen LogP contribution in [0.4, 0.5) is 0 Å². The highest BCUT2D eigenvalue weighted by atomic mass is 16.7. The lowest BCUT2D eigenvalue weighted by Crippen LogP contribution is -2.64. The number of aliphatic hydroxyl groups is 3. The lowest BCUT2D eigenvalue weighted by Gasteiger charge is -2.41. The van der Waals surface area contributed by atoms with E-state index in [2.05, 4.69) is 11.2 Å². The largest absolute Gasteiger partial charge is 0.394 e. The van der Waals surface area contributed by atoms with Crippen molar-refractivity contribution in [2.24, 2.45) is 0 Å². The molecular formula is C11H17NO6. The summed E-state index contributed by atoms with van der Waals surface area (Å²) in [5, 5.41) is 31.0. The van der Waals surface area contributed by atoms with E-state index in [-0.39, 0.29) is 6.61 Å². The molecule has 1 heterocycles. The third-order valence-corrected chi connectivity index (χ3v) is 2.58. The van der Waals surface area contributed by atoms with Gasteiger partial charge in [0, 0.05) is 6.92 Å². The van der Waals surface area contributed by atoms with Gasteiger partial charge in [0.15, 0.2) is 6.29 Å². The quantitative estimate of drug-likeness (QED) is 0.418. The van der Waals surface area contributed by atoms with Gasteiger partial charge in [-0.15, -0.1) is 6.42 Å². The van der Waals surface area contributed by atoms with Gasteiger partial charge in [0.1, 0.15) is 31.0 Å². The minimum absolute atomic E-state index is 0.0816. The molecular weight excluding hydrogens is 242 g/mol. The van der Waals surface area contributed by atoms with Crippen LogP contribution in [0.25, 0.3) is 0 Å². The molecule has 2 unspecified atom stereocenters. The zero-order valence-corrected chi connectivity index (χ0v) is 9.94. The molecule has 1 rings (SSSR count). The van der Waals surface area contributed by atoms with Crippen LogP contribution >= 0.6 is 0 Å². The third kappa shape index (κ3) is 3.41. The Hall–Kier alpha value is -1.17. The molecule has 4 N–H and O–H groups in total. The first-order chi connectivity index (χ1) is 8.51. The van der Waals surface area contributed by atoms with Gasteiger partial charge in [0.2, 0.25) is 5.91 Å². The average molecular weight is 259 g/mol. The normalized spacial score (nSPS) is 35.8. The van der Waals surface area contributed by atoms with Crippen molar-refractivity contribution in [2.75, 3.05) is 13.2 Å². The SMILES string of the molecule is C#CCO[C@@H]1OC(CO)[C@@H](O)[C@H](O)C1NC(C)=O. The summed E-state index contributed by atoms with van der Waals surface area (Å²) in [5.74, 6) is 1.82. The van der Waals surface area contributed by atoms with E-state index in [4.69, 9.17) is 21.0 Å². The maximum absolute atomic E-state index is 11.0. The van der Waals surface area contributed by atoms with Crippen LogP contribution < -0.4 is 5.32 Å². The van der Waals surface area contributed by atoms with Gasteiger partial charge in [-0.05, 0) is 0 Å². The minimum atomic E-state index is -1.32. The third-order valence-electron chi connectivity index (χ3n) is 2.58. The summed E-state index contributed by atoms with van der Waals surface area (Å²) in [5.41, 5.74) is 0. The zero-order valence-electron chi connectivity index (χ0n) is 9.94. The van der Waals surface area contributed by atoms with Crippen LogP contribution in [-0.2, 0) is 14.3 Å². The van der Waals surface area contributed by atoms with Gasteiger partial charge in [-0.25, -0.2) is 0 Å². The van der Waals surface area contributed by atoms with Crippen LogP contribution in [0.15, 0.2) is 0 Å². The summed E-state index contributed by atoms with van der Waals surface area (Å²) in [6.07, 6.45) is 0.383. The molecule has 1 saturated heterocycles. The molecule has 0 bridgehead atoms. The van der Waals surface area contributed by atoms with Crippen LogP contribution in [-0.4, -0.2) is 65.1 Å². The summed E-state index contributed by atoms with van der Waals surface area (Å²) in [4.78, 5) is 11.0. The highest BCUT2D eigenvalue weighted by Crippen LogP contribution is 2.21. The fourth-order valence-corrected chi connectivity index (χ4v) is 1.74. The standard InChI is InChI=1S/C11H17NO6/c1-3-4-17-11-8(12-6(2)14)10(16)9(15)7(5-13)18-11/h1,7-11,13,15-16H,4-5H2,2H3,(H,12,14)/t7?,8?,9-,10-,11-/m1/s1. The lowest BCUT2D eigenvalue weighted by atomic mass is 9.97. The van der Waals surface area contributed by atoms with Crippen molar-refractivity contribution in [3.8, 4) is 12.3 Å². The Labute approximate surface area is 105 Å². The van der Waals surface area contributed by atoms with Crippen molar-refractivity contribution in [3.05, 3.63) is 0 Å². The van der Waals surface area contributed by atoms with E-state index in [9.17, 15) is 15.0 Å². The number of aliphatic hydroxyl groups excluding tert-OH is 3. The topological polar surface area (TPSA) is 108 Å². The van der Waals surface area contributed by atoms with E-state index < -0.39 is 43.2 Å². The van der Waals surface area contributed by atoms with Gasteiger partial charge < -0.3 is 30.1 Å². The summed E-state index contributed by atoms with van der Waals surface area (Å²) >= 11 is 0. The first-order valence-corrected chi connectivity index (χ1v) is 5.46. The van der Waals surface area contributed by atoms with Crippen molar-refractivity contribution < 1.29 is 29.6 Å². The molecule has 102 valence electrons. The molecule has 1 fully saturated rings. The molecule has 7 nitrogen and oxygen atoms in total. The Bertz CT molecular complexity index is 328. The van der Waals surface area contributed by atoms with Crippen molar-refractivity contribution >= 4 is 5.91 Å². The smallest absolute Gasteiger partial charge is 0.217 e. The number of hydrogen-bond donors (Lipinski definition) is 4. The Kier molecular flexibility index (Phi) is 5.53. The number of hydrogen-bond acceptors (Lipinski definition) is 6. The van der Waals surface area contributed by atoms with E-state index in [1.807, 2.05) is 0 Å². The van der Waals surface area contributed by atoms with Crippen LogP contribution in [0.3, 0.4) is 0 Å². The molecule has 7 heteroatoms. The van der Waals surface area contributed by atoms with Crippen molar-refractivity contribution in [1.29, 1.82) is 0 Å². The number of carbonyl (C=O) groups excluding carboxylic acids is 1. The van der Waals surface area contributed by atoms with E-state index in [1.165, 1.54) is 6.92 Å². The molecule has 0 aromatic heterocycles. The van der Waals surface area contributed by atoms with Gasteiger partial charge in [-0.1, -0.05) is 5.92 Å². The van der Waals surface area contributed by atoms with Gasteiger partial charge in [-0.2, -0.15) is 0 Å². The van der Waals surface area contributed by atoms with Crippen molar-refractivity contribution in [2.45, 2.75) is 37.6 Å². The van der Waals surface area contributed by atoms with Crippen LogP contribution in [0, 0.1) is 12.3 Å². The van der Waals surface area contributed by atoms with Crippen LogP contribution in [0.2, 0.25) is 0 Å². The summed E-state index contributed by atoms with van der Waals surface area (Å²) in [6, 6.07) is -0.950. The van der Waals surface area contributed by atoms with Crippen molar-refractivity contribution in [3.63, 3.8) is 0 Å². The molecule has 0 aromatic rings. The Morgan fingerprint density at radius 1 is 1.50 bits per heavy atom. The van der Waals surface area contributed by atoms with Gasteiger partial charge in [0.25, 0.3) is 0 Å². The second kappa shape index (κ2) is 6.68. The minimum Gasteiger partial charge on any atom is -0.394 e. The first kappa shape index (κ1) is 14.9. The Morgan fingerprint density at radius 2 is 2.17 bits per heavy atom. The summed E-state index contributed by atoms with van der Waals surface area (Å²) in [6.45, 7) is 0.693. The van der Waals surface area contributed by atoms with E-state index in [1.54, 1.807) is 0 Å². The van der Waals surface area contributed by atoms with Gasteiger partial charge in [0.05, 0.1) is 6.61 Å². The van der Waals surface area contributed by atoms with Gasteiger partial charge in [-0.3, -0.25) is 4.79 Å². The highest BCUT2D eigenvalue weighted by molar-refractivity contribution is 5.73. The number of nitrogens with one attached hydrogen (secondary N) is 1. The first-order valence-electron chi connectivity index (χ1n) is 5.46. The predicted molar refractivity (Wildman–Crippen MR) is 60.2 cm³/mol.